The maximum atomic E-state index is 5.82. The van der Waals surface area contributed by atoms with Crippen LogP contribution in [0.1, 0.15) is 45.0 Å². The highest BCUT2D eigenvalue weighted by Crippen LogP contribution is 2.33. The normalized spacial score (nSPS) is 21.2. The third-order valence-electron chi connectivity index (χ3n) is 4.96. The van der Waals surface area contributed by atoms with Gasteiger partial charge in [0.1, 0.15) is 5.75 Å². The fourth-order valence-electron chi connectivity index (χ4n) is 3.44. The van der Waals surface area contributed by atoms with Gasteiger partial charge in [-0.15, -0.1) is 0 Å². The van der Waals surface area contributed by atoms with Crippen LogP contribution in [0.2, 0.25) is 0 Å². The molecule has 3 rings (SSSR count). The van der Waals surface area contributed by atoms with Crippen molar-refractivity contribution in [3.8, 4) is 5.75 Å². The number of nitrogens with one attached hydrogen (secondary N) is 1. The van der Waals surface area contributed by atoms with Crippen molar-refractivity contribution in [1.82, 2.24) is 4.90 Å². The minimum atomic E-state index is -0.299. The summed E-state index contributed by atoms with van der Waals surface area (Å²) in [4.78, 5) is 2.54. The number of rotatable bonds is 5. The van der Waals surface area contributed by atoms with Crippen LogP contribution >= 0.6 is 0 Å². The Balaban J connectivity index is 1.70. The van der Waals surface area contributed by atoms with Gasteiger partial charge >= 0.3 is 0 Å². The molecule has 1 aromatic carbocycles. The van der Waals surface area contributed by atoms with E-state index in [0.717, 1.165) is 62.6 Å². The van der Waals surface area contributed by atoms with Crippen LogP contribution in [0.3, 0.4) is 0 Å². The summed E-state index contributed by atoms with van der Waals surface area (Å²) < 4.78 is 17.0. The van der Waals surface area contributed by atoms with Crippen LogP contribution in [0, 0.1) is 0 Å². The van der Waals surface area contributed by atoms with Gasteiger partial charge in [0.15, 0.2) is 6.29 Å². The first kappa shape index (κ1) is 17.5. The lowest BCUT2D eigenvalue weighted by molar-refractivity contribution is -0.182. The average Bonchev–Trinajstić information content (AvgIpc) is 2.63. The van der Waals surface area contributed by atoms with Crippen LogP contribution < -0.4 is 10.1 Å². The Labute approximate surface area is 145 Å². The van der Waals surface area contributed by atoms with Gasteiger partial charge in [-0.2, -0.15) is 0 Å². The highest BCUT2D eigenvalue weighted by molar-refractivity contribution is 5.55. The van der Waals surface area contributed by atoms with Gasteiger partial charge < -0.3 is 24.4 Å². The second-order valence-corrected chi connectivity index (χ2v) is 6.93. The molecule has 0 saturated carbocycles. The van der Waals surface area contributed by atoms with Gasteiger partial charge in [0.05, 0.1) is 20.3 Å². The third kappa shape index (κ3) is 4.21. The Morgan fingerprint density at radius 1 is 1.17 bits per heavy atom. The monoisotopic (exact) mass is 334 g/mol. The van der Waals surface area contributed by atoms with E-state index in [9.17, 15) is 0 Å². The van der Waals surface area contributed by atoms with E-state index in [1.807, 2.05) is 12.1 Å². The molecule has 2 fully saturated rings. The fourth-order valence-corrected chi connectivity index (χ4v) is 3.44. The van der Waals surface area contributed by atoms with Crippen molar-refractivity contribution in [1.29, 1.82) is 0 Å². The summed E-state index contributed by atoms with van der Waals surface area (Å²) in [6.07, 6.45) is 2.98. The first-order valence-electron chi connectivity index (χ1n) is 9.09. The van der Waals surface area contributed by atoms with Gasteiger partial charge in [-0.05, 0) is 51.3 Å². The van der Waals surface area contributed by atoms with E-state index in [2.05, 4.69) is 30.1 Å². The molecule has 2 heterocycles. The zero-order valence-electron chi connectivity index (χ0n) is 15.1. The molecule has 0 radical (unpaired) electrons. The quantitative estimate of drug-likeness (QED) is 0.894. The molecule has 1 aromatic rings. The molecule has 0 unspecified atom stereocenters. The molecule has 134 valence electrons. The van der Waals surface area contributed by atoms with Gasteiger partial charge in [0.25, 0.3) is 0 Å². The Kier molecular flexibility index (Phi) is 5.98. The maximum Gasteiger partial charge on any atom is 0.185 e. The molecular formula is C19H30N2O3. The largest absolute Gasteiger partial charge is 0.497 e. The number of anilines is 1. The Morgan fingerprint density at radius 2 is 1.88 bits per heavy atom. The van der Waals surface area contributed by atoms with E-state index in [0.29, 0.717) is 12.1 Å². The van der Waals surface area contributed by atoms with E-state index in [1.54, 1.807) is 7.11 Å². The second kappa shape index (κ2) is 8.19. The lowest BCUT2D eigenvalue weighted by Gasteiger charge is -2.36. The number of hydrogen-bond donors (Lipinski definition) is 1. The van der Waals surface area contributed by atoms with Crippen LogP contribution in [0.5, 0.6) is 5.75 Å². The van der Waals surface area contributed by atoms with Crippen LogP contribution in [0.15, 0.2) is 18.2 Å². The molecule has 0 bridgehead atoms. The molecule has 2 aliphatic rings. The first-order chi connectivity index (χ1) is 11.7. The highest BCUT2D eigenvalue weighted by atomic mass is 16.7. The molecule has 0 aromatic heterocycles. The topological polar surface area (TPSA) is 43.0 Å². The molecule has 24 heavy (non-hydrogen) atoms. The number of piperidine rings is 1. The van der Waals surface area contributed by atoms with Crippen molar-refractivity contribution in [2.24, 2.45) is 0 Å². The van der Waals surface area contributed by atoms with Crippen LogP contribution in [0.4, 0.5) is 5.69 Å². The van der Waals surface area contributed by atoms with Crippen molar-refractivity contribution >= 4 is 5.69 Å². The van der Waals surface area contributed by atoms with Crippen LogP contribution in [-0.2, 0) is 9.47 Å². The number of benzene rings is 1. The third-order valence-corrected chi connectivity index (χ3v) is 4.96. The predicted molar refractivity (Wildman–Crippen MR) is 95.6 cm³/mol. The molecule has 0 amide bonds. The summed E-state index contributed by atoms with van der Waals surface area (Å²) in [6, 6.07) is 7.24. The average molecular weight is 334 g/mol. The summed E-state index contributed by atoms with van der Waals surface area (Å²) in [5.41, 5.74) is 2.14. The van der Waals surface area contributed by atoms with Crippen molar-refractivity contribution in [2.45, 2.75) is 51.5 Å². The van der Waals surface area contributed by atoms with E-state index < -0.39 is 0 Å². The molecule has 0 aliphatic carbocycles. The molecule has 5 heteroatoms. The molecule has 5 nitrogen and oxygen atoms in total. The number of methoxy groups -OCH3 is 1. The lowest BCUT2D eigenvalue weighted by atomic mass is 10.0. The molecule has 2 saturated heterocycles. The first-order valence-corrected chi connectivity index (χ1v) is 9.09. The number of hydrogen-bond acceptors (Lipinski definition) is 5. The van der Waals surface area contributed by atoms with Gasteiger partial charge in [-0.1, -0.05) is 0 Å². The SMILES string of the molecule is COc1ccc(NC2CCN(C(C)C)CC2)c(C2OCCCO2)c1. The molecular weight excluding hydrogens is 304 g/mol. The van der Waals surface area contributed by atoms with Crippen LogP contribution in [-0.4, -0.2) is 50.4 Å². The van der Waals surface area contributed by atoms with Gasteiger partial charge in [0, 0.05) is 36.4 Å². The second-order valence-electron chi connectivity index (χ2n) is 6.93. The van der Waals surface area contributed by atoms with E-state index in [-0.39, 0.29) is 6.29 Å². The Bertz CT molecular complexity index is 521. The van der Waals surface area contributed by atoms with Crippen molar-refractivity contribution in [3.63, 3.8) is 0 Å². The number of likely N-dealkylation sites (tertiary alicyclic amines) is 1. The highest BCUT2D eigenvalue weighted by Gasteiger charge is 2.24. The summed E-state index contributed by atoms with van der Waals surface area (Å²) in [5.74, 6) is 0.836. The molecule has 0 atom stereocenters. The molecule has 1 N–H and O–H groups in total. The van der Waals surface area contributed by atoms with E-state index >= 15 is 0 Å². The van der Waals surface area contributed by atoms with Gasteiger partial charge in [-0.25, -0.2) is 0 Å². The van der Waals surface area contributed by atoms with Crippen LogP contribution in [0.25, 0.3) is 0 Å². The Hall–Kier alpha value is -1.30. The summed E-state index contributed by atoms with van der Waals surface area (Å²) in [7, 11) is 1.69. The van der Waals surface area contributed by atoms with Gasteiger partial charge in [0.2, 0.25) is 0 Å². The summed E-state index contributed by atoms with van der Waals surface area (Å²) >= 11 is 0. The van der Waals surface area contributed by atoms with E-state index in [4.69, 9.17) is 14.2 Å². The number of ether oxygens (including phenoxy) is 3. The minimum absolute atomic E-state index is 0.299. The van der Waals surface area contributed by atoms with Crippen molar-refractivity contribution in [3.05, 3.63) is 23.8 Å². The minimum Gasteiger partial charge on any atom is -0.497 e. The molecule has 2 aliphatic heterocycles. The zero-order valence-corrected chi connectivity index (χ0v) is 15.1. The Morgan fingerprint density at radius 3 is 2.50 bits per heavy atom. The number of nitrogens with zero attached hydrogens (tertiary/aromatic N) is 1. The fraction of sp³-hybridized carbons (Fsp3) is 0.684. The standard InChI is InChI=1S/C19H30N2O3/c1-14(2)21-9-7-15(8-10-21)20-18-6-5-16(22-3)13-17(18)19-23-11-4-12-24-19/h5-6,13-15,19-20H,4,7-12H2,1-3H3. The lowest BCUT2D eigenvalue weighted by Crippen LogP contribution is -2.42. The van der Waals surface area contributed by atoms with Gasteiger partial charge in [-0.3, -0.25) is 0 Å². The maximum absolute atomic E-state index is 5.82. The summed E-state index contributed by atoms with van der Waals surface area (Å²) in [5, 5.41) is 3.72. The smallest absolute Gasteiger partial charge is 0.185 e. The molecule has 0 spiro atoms. The van der Waals surface area contributed by atoms with E-state index in [1.165, 1.54) is 0 Å². The van der Waals surface area contributed by atoms with Crippen molar-refractivity contribution < 1.29 is 14.2 Å². The predicted octanol–water partition coefficient (Wildman–Crippen LogP) is 3.42. The van der Waals surface area contributed by atoms with Crippen molar-refractivity contribution in [2.75, 3.05) is 38.7 Å². The summed E-state index contributed by atoms with van der Waals surface area (Å²) in [6.45, 7) is 8.33. The zero-order chi connectivity index (χ0) is 16.9.